The Kier molecular flexibility index (Phi) is 7.73. The zero-order chi connectivity index (χ0) is 27.7. The maximum atomic E-state index is 14.8. The van der Waals surface area contributed by atoms with Crippen molar-refractivity contribution < 1.29 is 31.8 Å². The summed E-state index contributed by atoms with van der Waals surface area (Å²) in [5.41, 5.74) is 0.0154. The largest absolute Gasteiger partial charge is 0.540 e. The Balaban J connectivity index is 1.66. The second-order valence-corrected chi connectivity index (χ2v) is 10.5. The van der Waals surface area contributed by atoms with Gasteiger partial charge in [0.25, 0.3) is 0 Å². The number of halogens is 5. The number of nitrogens with one attached hydrogen (secondary N) is 2. The number of rotatable bonds is 7. The predicted molar refractivity (Wildman–Crippen MR) is 144 cm³/mol. The molecule has 1 aromatic heterocycles. The van der Waals surface area contributed by atoms with Crippen LogP contribution in [0.4, 0.5) is 22.4 Å². The number of carbonyl (C=O) groups is 1. The molecule has 2 amide bonds. The van der Waals surface area contributed by atoms with Gasteiger partial charge in [0, 0.05) is 23.1 Å². The summed E-state index contributed by atoms with van der Waals surface area (Å²) in [4.78, 5) is 18.1. The van der Waals surface area contributed by atoms with E-state index in [-0.39, 0.29) is 18.0 Å². The van der Waals surface area contributed by atoms with E-state index in [0.717, 1.165) is 48.9 Å². The lowest BCUT2D eigenvalue weighted by Gasteiger charge is -2.37. The van der Waals surface area contributed by atoms with Gasteiger partial charge in [0.05, 0.1) is 11.3 Å². The molecule has 1 saturated carbocycles. The van der Waals surface area contributed by atoms with Crippen molar-refractivity contribution >= 4 is 28.6 Å². The third-order valence-corrected chi connectivity index (χ3v) is 7.89. The van der Waals surface area contributed by atoms with Crippen molar-refractivity contribution in [1.82, 2.24) is 15.6 Å². The van der Waals surface area contributed by atoms with Gasteiger partial charge in [-0.1, -0.05) is 77.9 Å². The third kappa shape index (κ3) is 5.98. The third-order valence-electron chi connectivity index (χ3n) is 7.01. The van der Waals surface area contributed by atoms with Crippen molar-refractivity contribution in [2.75, 3.05) is 0 Å². The minimum absolute atomic E-state index is 0.00863. The van der Waals surface area contributed by atoms with E-state index in [1.807, 2.05) is 36.4 Å². The van der Waals surface area contributed by atoms with Crippen LogP contribution in [0.3, 0.4) is 0 Å². The predicted octanol–water partition coefficient (Wildman–Crippen LogP) is 6.75. The number of alkyl halides is 5. The van der Waals surface area contributed by atoms with E-state index in [0.29, 0.717) is 10.1 Å². The molecule has 2 heterocycles. The minimum atomic E-state index is -4.49. The number of benzene rings is 2. The molecule has 39 heavy (non-hydrogen) atoms. The molecule has 0 bridgehead atoms. The Morgan fingerprint density at radius 2 is 1.77 bits per heavy atom. The van der Waals surface area contributed by atoms with Crippen LogP contribution in [0.1, 0.15) is 53.6 Å². The molecule has 0 radical (unpaired) electrons. The Hall–Kier alpha value is -2.93. The highest BCUT2D eigenvalue weighted by molar-refractivity contribution is 14.1. The van der Waals surface area contributed by atoms with Crippen molar-refractivity contribution in [3.8, 4) is 5.75 Å². The summed E-state index contributed by atoms with van der Waals surface area (Å²) in [7, 11) is 0. The number of aromatic nitrogens is 1. The molecular weight excluding hydrogens is 629 g/mol. The maximum Gasteiger partial charge on any atom is 0.540 e. The lowest BCUT2D eigenvalue weighted by molar-refractivity contribution is -0.461. The molecule has 6 nitrogen and oxygen atoms in total. The number of hydrogen-bond acceptors (Lipinski definition) is 4. The summed E-state index contributed by atoms with van der Waals surface area (Å²) >= 11 is 2.20. The van der Waals surface area contributed by atoms with Gasteiger partial charge in [-0.15, -0.1) is 8.78 Å². The van der Waals surface area contributed by atoms with Crippen molar-refractivity contribution in [2.45, 2.75) is 60.5 Å². The van der Waals surface area contributed by atoms with Gasteiger partial charge in [-0.05, 0) is 47.7 Å². The smallest absolute Gasteiger partial charge is 0.409 e. The highest BCUT2D eigenvalue weighted by Crippen LogP contribution is 2.48. The first-order valence-corrected chi connectivity index (χ1v) is 14.1. The molecule has 0 unspecified atom stereocenters. The summed E-state index contributed by atoms with van der Waals surface area (Å²) < 4.78 is 65.8. The van der Waals surface area contributed by atoms with Crippen LogP contribution in [0.15, 0.2) is 66.9 Å². The fourth-order valence-electron chi connectivity index (χ4n) is 5.13. The number of amides is 2. The number of nitrogens with zero attached hydrogens (tertiary/aromatic N) is 1. The van der Waals surface area contributed by atoms with Gasteiger partial charge in [0.2, 0.25) is 0 Å². The van der Waals surface area contributed by atoms with Crippen LogP contribution in [0.5, 0.6) is 5.75 Å². The molecule has 1 fully saturated rings. The number of pyridine rings is 1. The van der Waals surface area contributed by atoms with Crippen LogP contribution in [-0.4, -0.2) is 23.4 Å². The van der Waals surface area contributed by atoms with Gasteiger partial charge in [-0.25, -0.2) is 9.53 Å². The highest BCUT2D eigenvalue weighted by Gasteiger charge is 2.55. The van der Waals surface area contributed by atoms with E-state index in [9.17, 15) is 22.4 Å². The summed E-state index contributed by atoms with van der Waals surface area (Å²) in [6.45, 7) is 0. The molecule has 2 aromatic carbocycles. The maximum absolute atomic E-state index is 14.8. The standard InChI is InChI=1S/C28H26F4IN3O3/c29-27(30)22-14-20(11-12-23(22)38-28(31,32)39-27)26(15-18-6-2-1-3-7-18,24-13-10-19(16-33)17-34-24)36-25(37)35-21-8-4-5-9-21/h1-3,6-7,10-14,17,21H,4-5,8-9,15-16H2,(H2,35,36,37)/t26-/m1/s1. The summed E-state index contributed by atoms with van der Waals surface area (Å²) in [5.74, 6) is -0.711. The van der Waals surface area contributed by atoms with Gasteiger partial charge >= 0.3 is 18.4 Å². The average Bonchev–Trinajstić information content (AvgIpc) is 3.40. The van der Waals surface area contributed by atoms with Gasteiger partial charge in [0.15, 0.2) is 0 Å². The van der Waals surface area contributed by atoms with Gasteiger partial charge in [-0.2, -0.15) is 8.78 Å². The first-order chi connectivity index (χ1) is 18.6. The molecule has 0 spiro atoms. The molecule has 206 valence electrons. The quantitative estimate of drug-likeness (QED) is 0.168. The molecule has 1 aliphatic heterocycles. The average molecular weight is 655 g/mol. The summed E-state index contributed by atoms with van der Waals surface area (Å²) in [5, 5.41) is 6.03. The number of carbonyl (C=O) groups excluding carboxylic acids is 1. The second kappa shape index (κ2) is 10.9. The van der Waals surface area contributed by atoms with Crippen LogP contribution >= 0.6 is 22.6 Å². The lowest BCUT2D eigenvalue weighted by Crippen LogP contribution is -2.54. The summed E-state index contributed by atoms with van der Waals surface area (Å²) in [6.07, 6.45) is -3.33. The Morgan fingerprint density at radius 1 is 1.03 bits per heavy atom. The topological polar surface area (TPSA) is 72.5 Å². The van der Waals surface area contributed by atoms with Gasteiger partial charge in [0.1, 0.15) is 11.3 Å². The van der Waals surface area contributed by atoms with Crippen molar-refractivity contribution in [1.29, 1.82) is 0 Å². The van der Waals surface area contributed by atoms with E-state index in [1.165, 1.54) is 6.07 Å². The number of fused-ring (bicyclic) bond motifs is 1. The SMILES string of the molecule is O=C(NC1CCCC1)N[C@](Cc1ccccc1)(c1ccc2c(c1)C(F)(F)OC(F)(F)O2)c1ccc(CI)cn1. The van der Waals surface area contributed by atoms with E-state index in [2.05, 4.69) is 47.7 Å². The van der Waals surface area contributed by atoms with Crippen LogP contribution in [0, 0.1) is 0 Å². The Labute approximate surface area is 236 Å². The molecule has 0 saturated heterocycles. The summed E-state index contributed by atoms with van der Waals surface area (Å²) in [6, 6.07) is 15.8. The van der Waals surface area contributed by atoms with E-state index in [1.54, 1.807) is 12.3 Å². The molecule has 1 atom stereocenters. The van der Waals surface area contributed by atoms with Crippen LogP contribution < -0.4 is 15.4 Å². The van der Waals surface area contributed by atoms with E-state index in [4.69, 9.17) is 0 Å². The molecule has 1 aliphatic carbocycles. The first kappa shape index (κ1) is 27.6. The molecule has 3 aromatic rings. The zero-order valence-electron chi connectivity index (χ0n) is 20.7. The fourth-order valence-corrected chi connectivity index (χ4v) is 5.58. The second-order valence-electron chi connectivity index (χ2n) is 9.73. The minimum Gasteiger partial charge on any atom is -0.409 e. The van der Waals surface area contributed by atoms with Crippen LogP contribution in [0.25, 0.3) is 0 Å². The number of hydrogen-bond donors (Lipinski definition) is 2. The van der Waals surface area contributed by atoms with E-state index >= 15 is 0 Å². The molecule has 11 heteroatoms. The van der Waals surface area contributed by atoms with Gasteiger partial charge in [-0.3, -0.25) is 4.98 Å². The normalized spacial score (nSPS) is 19.4. The van der Waals surface area contributed by atoms with Gasteiger partial charge < -0.3 is 15.4 Å². The van der Waals surface area contributed by atoms with Crippen molar-refractivity contribution in [3.05, 3.63) is 94.8 Å². The lowest BCUT2D eigenvalue weighted by atomic mass is 9.79. The molecule has 2 aliphatic rings. The van der Waals surface area contributed by atoms with Crippen LogP contribution in [0.2, 0.25) is 0 Å². The highest BCUT2D eigenvalue weighted by atomic mass is 127. The Morgan fingerprint density at radius 3 is 2.44 bits per heavy atom. The Bertz CT molecular complexity index is 1320. The van der Waals surface area contributed by atoms with Crippen molar-refractivity contribution in [2.24, 2.45) is 0 Å². The molecule has 5 rings (SSSR count). The zero-order valence-corrected chi connectivity index (χ0v) is 22.9. The number of urea groups is 1. The first-order valence-electron chi connectivity index (χ1n) is 12.5. The molecule has 2 N–H and O–H groups in total. The number of ether oxygens (including phenoxy) is 2. The van der Waals surface area contributed by atoms with Crippen LogP contribution in [-0.2, 0) is 27.2 Å². The molecular formula is C28H26F4IN3O3. The van der Waals surface area contributed by atoms with Crippen molar-refractivity contribution in [3.63, 3.8) is 0 Å². The van der Waals surface area contributed by atoms with E-state index < -0.39 is 35.3 Å². The monoisotopic (exact) mass is 655 g/mol. The fraction of sp³-hybridized carbons (Fsp3) is 0.357.